The van der Waals surface area contributed by atoms with Crippen LogP contribution in [0.1, 0.15) is 16.1 Å². The number of carbonyl (C=O) groups excluding carboxylic acids is 1. The largest absolute Gasteiger partial charge is 0.497 e. The number of nitrogens with one attached hydrogen (secondary N) is 3. The summed E-state index contributed by atoms with van der Waals surface area (Å²) in [5.74, 6) is 1.26. The lowest BCUT2D eigenvalue weighted by molar-refractivity contribution is 0.0954. The number of pyridine rings is 1. The SMILES string of the molecule is CN=C(NCCNC(=O)c1ccc(OC)cc1)NCc1ccccn1.I. The number of hydrogen-bond donors (Lipinski definition) is 3. The van der Waals surface area contributed by atoms with Crippen molar-refractivity contribution >= 4 is 35.8 Å². The topological polar surface area (TPSA) is 87.6 Å². The number of halogens is 1. The van der Waals surface area contributed by atoms with Gasteiger partial charge in [0.05, 0.1) is 19.3 Å². The van der Waals surface area contributed by atoms with Gasteiger partial charge in [-0.2, -0.15) is 0 Å². The van der Waals surface area contributed by atoms with E-state index in [1.165, 1.54) is 0 Å². The second-order valence-corrected chi connectivity index (χ2v) is 5.16. The van der Waals surface area contributed by atoms with Crippen LogP contribution >= 0.6 is 24.0 Å². The number of amides is 1. The minimum atomic E-state index is -0.124. The van der Waals surface area contributed by atoms with Crippen LogP contribution < -0.4 is 20.7 Å². The molecule has 2 rings (SSSR count). The van der Waals surface area contributed by atoms with E-state index in [1.54, 1.807) is 44.6 Å². The van der Waals surface area contributed by atoms with Crippen molar-refractivity contribution in [2.75, 3.05) is 27.2 Å². The summed E-state index contributed by atoms with van der Waals surface area (Å²) in [5, 5.41) is 9.16. The zero-order valence-corrected chi connectivity index (χ0v) is 17.2. The summed E-state index contributed by atoms with van der Waals surface area (Å²) >= 11 is 0. The first-order valence-corrected chi connectivity index (χ1v) is 7.99. The molecule has 0 radical (unpaired) electrons. The van der Waals surface area contributed by atoms with Crippen LogP contribution in [0.5, 0.6) is 5.75 Å². The molecule has 0 aliphatic rings. The first kappa shape index (κ1) is 21.7. The molecule has 0 aliphatic heterocycles. The van der Waals surface area contributed by atoms with Crippen molar-refractivity contribution in [1.82, 2.24) is 20.9 Å². The van der Waals surface area contributed by atoms with Gasteiger partial charge in [0.25, 0.3) is 5.91 Å². The number of aromatic nitrogens is 1. The van der Waals surface area contributed by atoms with Crippen LogP contribution in [0.15, 0.2) is 53.7 Å². The molecule has 1 heterocycles. The van der Waals surface area contributed by atoms with Crippen molar-refractivity contribution in [2.45, 2.75) is 6.54 Å². The number of nitrogens with zero attached hydrogens (tertiary/aromatic N) is 2. The summed E-state index contributed by atoms with van der Waals surface area (Å²) in [7, 11) is 3.29. The minimum Gasteiger partial charge on any atom is -0.497 e. The molecule has 0 fully saturated rings. The molecular weight excluding hydrogens is 445 g/mol. The Morgan fingerprint density at radius 3 is 2.42 bits per heavy atom. The second-order valence-electron chi connectivity index (χ2n) is 5.16. The molecule has 0 atom stereocenters. The van der Waals surface area contributed by atoms with Crippen LogP contribution in [0.25, 0.3) is 0 Å². The maximum Gasteiger partial charge on any atom is 0.251 e. The Balaban J connectivity index is 0.00000338. The molecule has 1 amide bonds. The van der Waals surface area contributed by atoms with Crippen LogP contribution in [-0.4, -0.2) is 44.1 Å². The lowest BCUT2D eigenvalue weighted by Crippen LogP contribution is -2.41. The second kappa shape index (κ2) is 12.1. The summed E-state index contributed by atoms with van der Waals surface area (Å²) in [5.41, 5.74) is 1.52. The smallest absolute Gasteiger partial charge is 0.251 e. The predicted molar refractivity (Wildman–Crippen MR) is 113 cm³/mol. The standard InChI is InChI=1S/C18H23N5O2.HI/c1-19-18(23-13-15-5-3-4-10-20-15)22-12-11-21-17(24)14-6-8-16(25-2)9-7-14;/h3-10H,11-13H2,1-2H3,(H,21,24)(H2,19,22,23);1H. The molecule has 0 aliphatic carbocycles. The summed E-state index contributed by atoms with van der Waals surface area (Å²) in [6.45, 7) is 1.62. The van der Waals surface area contributed by atoms with Gasteiger partial charge >= 0.3 is 0 Å². The van der Waals surface area contributed by atoms with E-state index in [1.807, 2.05) is 18.2 Å². The first-order chi connectivity index (χ1) is 12.2. The molecule has 0 saturated carbocycles. The number of guanidine groups is 1. The highest BCUT2D eigenvalue weighted by atomic mass is 127. The van der Waals surface area contributed by atoms with E-state index in [0.29, 0.717) is 31.2 Å². The maximum absolute atomic E-state index is 12.0. The van der Waals surface area contributed by atoms with Crippen LogP contribution in [-0.2, 0) is 6.54 Å². The summed E-state index contributed by atoms with van der Waals surface area (Å²) in [6.07, 6.45) is 1.75. The van der Waals surface area contributed by atoms with Crippen molar-refractivity contribution in [2.24, 2.45) is 4.99 Å². The van der Waals surface area contributed by atoms with Gasteiger partial charge in [-0.25, -0.2) is 0 Å². The summed E-state index contributed by atoms with van der Waals surface area (Å²) in [6, 6.07) is 12.7. The quantitative estimate of drug-likeness (QED) is 0.249. The zero-order valence-electron chi connectivity index (χ0n) is 14.9. The molecule has 0 saturated heterocycles. The first-order valence-electron chi connectivity index (χ1n) is 7.99. The molecule has 26 heavy (non-hydrogen) atoms. The van der Waals surface area contributed by atoms with Gasteiger partial charge in [-0.05, 0) is 36.4 Å². The van der Waals surface area contributed by atoms with Gasteiger partial charge < -0.3 is 20.7 Å². The minimum absolute atomic E-state index is 0. The Bertz CT molecular complexity index is 692. The highest BCUT2D eigenvalue weighted by molar-refractivity contribution is 14.0. The van der Waals surface area contributed by atoms with Gasteiger partial charge in [0.15, 0.2) is 5.96 Å². The molecule has 1 aromatic carbocycles. The average molecular weight is 469 g/mol. The van der Waals surface area contributed by atoms with Crippen molar-refractivity contribution in [3.8, 4) is 5.75 Å². The van der Waals surface area contributed by atoms with Gasteiger partial charge in [0.1, 0.15) is 5.75 Å². The van der Waals surface area contributed by atoms with E-state index in [-0.39, 0.29) is 29.9 Å². The fraction of sp³-hybridized carbons (Fsp3) is 0.278. The van der Waals surface area contributed by atoms with Crippen molar-refractivity contribution in [1.29, 1.82) is 0 Å². The Morgan fingerprint density at radius 1 is 1.08 bits per heavy atom. The molecule has 3 N–H and O–H groups in total. The number of methoxy groups -OCH3 is 1. The molecule has 0 spiro atoms. The zero-order chi connectivity index (χ0) is 17.9. The van der Waals surface area contributed by atoms with Gasteiger partial charge in [0.2, 0.25) is 0 Å². The lowest BCUT2D eigenvalue weighted by Gasteiger charge is -2.12. The van der Waals surface area contributed by atoms with Crippen molar-refractivity contribution in [3.63, 3.8) is 0 Å². The fourth-order valence-corrected chi connectivity index (χ4v) is 2.10. The van der Waals surface area contributed by atoms with Crippen LogP contribution in [0.3, 0.4) is 0 Å². The third-order valence-corrected chi connectivity index (χ3v) is 3.44. The monoisotopic (exact) mass is 469 g/mol. The molecule has 8 heteroatoms. The molecule has 2 aromatic rings. The van der Waals surface area contributed by atoms with E-state index >= 15 is 0 Å². The van der Waals surface area contributed by atoms with Crippen LogP contribution in [0, 0.1) is 0 Å². The average Bonchev–Trinajstić information content (AvgIpc) is 2.68. The number of hydrogen-bond acceptors (Lipinski definition) is 4. The Hall–Kier alpha value is -2.36. The molecule has 0 unspecified atom stereocenters. The van der Waals surface area contributed by atoms with E-state index in [0.717, 1.165) is 11.4 Å². The number of carbonyl (C=O) groups is 1. The molecule has 140 valence electrons. The van der Waals surface area contributed by atoms with Crippen LogP contribution in [0.2, 0.25) is 0 Å². The van der Waals surface area contributed by atoms with E-state index in [9.17, 15) is 4.79 Å². The summed E-state index contributed by atoms with van der Waals surface area (Å²) in [4.78, 5) is 20.4. The third kappa shape index (κ3) is 7.26. The lowest BCUT2D eigenvalue weighted by atomic mass is 10.2. The molecule has 1 aromatic heterocycles. The van der Waals surface area contributed by atoms with Gasteiger partial charge in [-0.15, -0.1) is 24.0 Å². The summed E-state index contributed by atoms with van der Waals surface area (Å²) < 4.78 is 5.07. The fourth-order valence-electron chi connectivity index (χ4n) is 2.10. The molecule has 7 nitrogen and oxygen atoms in total. The van der Waals surface area contributed by atoms with E-state index < -0.39 is 0 Å². The molecular formula is C18H24IN5O2. The Kier molecular flexibility index (Phi) is 10.1. The van der Waals surface area contributed by atoms with Crippen molar-refractivity contribution in [3.05, 3.63) is 59.9 Å². The van der Waals surface area contributed by atoms with E-state index in [2.05, 4.69) is 25.9 Å². The van der Waals surface area contributed by atoms with Crippen molar-refractivity contribution < 1.29 is 9.53 Å². The van der Waals surface area contributed by atoms with Gasteiger partial charge in [-0.1, -0.05) is 6.07 Å². The number of benzene rings is 1. The van der Waals surface area contributed by atoms with Gasteiger partial charge in [-0.3, -0.25) is 14.8 Å². The Labute approximate surface area is 170 Å². The number of aliphatic imine (C=N–C) groups is 1. The predicted octanol–water partition coefficient (Wildman–Crippen LogP) is 1.80. The van der Waals surface area contributed by atoms with E-state index in [4.69, 9.17) is 4.74 Å². The number of ether oxygens (including phenoxy) is 1. The third-order valence-electron chi connectivity index (χ3n) is 3.44. The van der Waals surface area contributed by atoms with Gasteiger partial charge in [0, 0.05) is 31.9 Å². The Morgan fingerprint density at radius 2 is 1.81 bits per heavy atom. The molecule has 0 bridgehead atoms. The van der Waals surface area contributed by atoms with Crippen LogP contribution in [0.4, 0.5) is 0 Å². The highest BCUT2D eigenvalue weighted by Gasteiger charge is 2.05. The maximum atomic E-state index is 12.0. The number of rotatable bonds is 7. The normalized spacial score (nSPS) is 10.5. The highest BCUT2D eigenvalue weighted by Crippen LogP contribution is 2.10.